The predicted octanol–water partition coefficient (Wildman–Crippen LogP) is 1.40. The summed E-state index contributed by atoms with van der Waals surface area (Å²) < 4.78 is 5.77. The summed E-state index contributed by atoms with van der Waals surface area (Å²) in [4.78, 5) is 38.3. The number of anilines is 1. The van der Waals surface area contributed by atoms with E-state index in [-0.39, 0.29) is 24.6 Å². The quantitative estimate of drug-likeness (QED) is 0.798. The van der Waals surface area contributed by atoms with Crippen LogP contribution in [-0.4, -0.2) is 70.5 Å². The lowest BCUT2D eigenvalue weighted by atomic mass is 10.3. The van der Waals surface area contributed by atoms with Crippen LogP contribution in [0.2, 0.25) is 0 Å². The Morgan fingerprint density at radius 1 is 1.15 bits per heavy atom. The Morgan fingerprint density at radius 2 is 2.00 bits per heavy atom. The Morgan fingerprint density at radius 3 is 2.78 bits per heavy atom. The van der Waals surface area contributed by atoms with E-state index in [1.165, 1.54) is 0 Å². The Balaban J connectivity index is 1.30. The fourth-order valence-corrected chi connectivity index (χ4v) is 3.41. The lowest BCUT2D eigenvalue weighted by Gasteiger charge is -2.22. The van der Waals surface area contributed by atoms with E-state index in [1.54, 1.807) is 33.3 Å². The third-order valence-electron chi connectivity index (χ3n) is 4.81. The highest BCUT2D eigenvalue weighted by Crippen LogP contribution is 2.21. The highest BCUT2D eigenvalue weighted by atomic mass is 16.5. The Kier molecular flexibility index (Phi) is 4.86. The molecular weight excluding hydrogens is 346 g/mol. The molecule has 8 heteroatoms. The molecule has 0 spiro atoms. The first-order chi connectivity index (χ1) is 13.2. The predicted molar refractivity (Wildman–Crippen MR) is 98.4 cm³/mol. The van der Waals surface area contributed by atoms with Crippen LogP contribution >= 0.6 is 0 Å². The minimum absolute atomic E-state index is 0.0523. The van der Waals surface area contributed by atoms with Crippen LogP contribution in [0.4, 0.5) is 10.5 Å². The smallest absolute Gasteiger partial charge is 0.325 e. The lowest BCUT2D eigenvalue weighted by molar-refractivity contribution is -0.130. The number of nitrogens with zero attached hydrogens (tertiary/aromatic N) is 5. The number of amides is 3. The summed E-state index contributed by atoms with van der Waals surface area (Å²) >= 11 is 0. The molecule has 0 saturated carbocycles. The van der Waals surface area contributed by atoms with Gasteiger partial charge in [0, 0.05) is 44.1 Å². The van der Waals surface area contributed by atoms with Crippen molar-refractivity contribution in [3.05, 3.63) is 48.9 Å². The van der Waals surface area contributed by atoms with Crippen LogP contribution in [0.3, 0.4) is 0 Å². The van der Waals surface area contributed by atoms with Gasteiger partial charge in [0.05, 0.1) is 12.7 Å². The minimum atomic E-state index is -0.124. The van der Waals surface area contributed by atoms with E-state index >= 15 is 0 Å². The molecule has 4 rings (SSSR count). The third-order valence-corrected chi connectivity index (χ3v) is 4.81. The Bertz CT molecular complexity index is 802. The molecule has 27 heavy (non-hydrogen) atoms. The molecule has 0 bridgehead atoms. The number of ether oxygens (including phenoxy) is 1. The summed E-state index contributed by atoms with van der Waals surface area (Å²) in [6, 6.07) is 9.39. The molecule has 0 N–H and O–H groups in total. The van der Waals surface area contributed by atoms with Crippen molar-refractivity contribution in [3.8, 4) is 5.88 Å². The molecule has 1 aromatic carbocycles. The zero-order chi connectivity index (χ0) is 18.6. The molecule has 0 radical (unpaired) electrons. The van der Waals surface area contributed by atoms with Gasteiger partial charge in [-0.2, -0.15) is 0 Å². The summed E-state index contributed by atoms with van der Waals surface area (Å²) in [5, 5.41) is 0. The van der Waals surface area contributed by atoms with Gasteiger partial charge in [-0.1, -0.05) is 18.2 Å². The van der Waals surface area contributed by atoms with E-state index < -0.39 is 0 Å². The van der Waals surface area contributed by atoms with Crippen LogP contribution in [0.25, 0.3) is 0 Å². The number of aromatic nitrogens is 2. The van der Waals surface area contributed by atoms with Crippen molar-refractivity contribution in [1.29, 1.82) is 0 Å². The minimum Gasteiger partial charge on any atom is -0.471 e. The van der Waals surface area contributed by atoms with Crippen LogP contribution in [0, 0.1) is 0 Å². The molecule has 140 valence electrons. The van der Waals surface area contributed by atoms with Gasteiger partial charge in [0.2, 0.25) is 11.8 Å². The molecule has 3 heterocycles. The molecule has 8 nitrogen and oxygen atoms in total. The highest BCUT2D eigenvalue weighted by Gasteiger charge is 2.34. The van der Waals surface area contributed by atoms with Gasteiger partial charge in [0.15, 0.2) is 0 Å². The topological polar surface area (TPSA) is 78.9 Å². The second-order valence-electron chi connectivity index (χ2n) is 6.60. The molecule has 2 aromatic rings. The van der Waals surface area contributed by atoms with Crippen LogP contribution in [0.5, 0.6) is 5.88 Å². The Labute approximate surface area is 157 Å². The number of carbonyl (C=O) groups is 2. The average Bonchev–Trinajstić information content (AvgIpc) is 3.31. The van der Waals surface area contributed by atoms with Crippen molar-refractivity contribution in [2.45, 2.75) is 12.5 Å². The number of hydrogen-bond acceptors (Lipinski definition) is 5. The molecule has 1 aromatic heterocycles. The molecular formula is C19H21N5O3. The van der Waals surface area contributed by atoms with Crippen LogP contribution in [-0.2, 0) is 4.79 Å². The normalized spacial score (nSPS) is 19.6. The first-order valence-corrected chi connectivity index (χ1v) is 9.02. The zero-order valence-corrected chi connectivity index (χ0v) is 14.9. The number of urea groups is 1. The van der Waals surface area contributed by atoms with E-state index in [0.717, 1.165) is 12.1 Å². The second-order valence-corrected chi connectivity index (χ2v) is 6.60. The largest absolute Gasteiger partial charge is 0.471 e. The first-order valence-electron chi connectivity index (χ1n) is 9.02. The van der Waals surface area contributed by atoms with Crippen LogP contribution in [0.15, 0.2) is 48.9 Å². The molecule has 1 atom stereocenters. The number of carbonyl (C=O) groups excluding carboxylic acids is 2. The molecule has 2 fully saturated rings. The van der Waals surface area contributed by atoms with E-state index in [0.29, 0.717) is 32.1 Å². The van der Waals surface area contributed by atoms with Crippen molar-refractivity contribution >= 4 is 17.6 Å². The molecule has 0 aliphatic carbocycles. The maximum Gasteiger partial charge on any atom is 0.325 e. The number of rotatable bonds is 5. The van der Waals surface area contributed by atoms with Gasteiger partial charge in [-0.05, 0) is 12.1 Å². The molecule has 2 aliphatic rings. The Hall–Kier alpha value is -3.16. The van der Waals surface area contributed by atoms with E-state index in [9.17, 15) is 9.59 Å². The second kappa shape index (κ2) is 7.61. The van der Waals surface area contributed by atoms with Crippen LogP contribution in [0.1, 0.15) is 6.42 Å². The number of likely N-dealkylation sites (tertiary alicyclic amines) is 1. The average molecular weight is 367 g/mol. The van der Waals surface area contributed by atoms with Gasteiger partial charge < -0.3 is 14.5 Å². The van der Waals surface area contributed by atoms with E-state index in [1.807, 2.05) is 30.3 Å². The van der Waals surface area contributed by atoms with Crippen molar-refractivity contribution in [1.82, 2.24) is 19.8 Å². The van der Waals surface area contributed by atoms with Crippen molar-refractivity contribution in [2.24, 2.45) is 0 Å². The van der Waals surface area contributed by atoms with Crippen molar-refractivity contribution < 1.29 is 14.3 Å². The SMILES string of the molecule is O=C(CN1CCN(c2ccccc2)C1=O)N1CC[C@@H](Oc2cnccn2)C1. The maximum atomic E-state index is 12.6. The summed E-state index contributed by atoms with van der Waals surface area (Å²) in [6.45, 7) is 2.36. The standard InChI is InChI=1S/C19H21N5O3/c25-18(22-9-6-16(13-22)27-17-12-20-7-8-21-17)14-23-10-11-24(19(23)26)15-4-2-1-3-5-15/h1-5,7-8,12,16H,6,9-11,13-14H2/t16-/m1/s1. The number of benzene rings is 1. The van der Waals surface area contributed by atoms with Crippen LogP contribution < -0.4 is 9.64 Å². The monoisotopic (exact) mass is 367 g/mol. The van der Waals surface area contributed by atoms with Crippen molar-refractivity contribution in [2.75, 3.05) is 37.6 Å². The zero-order valence-electron chi connectivity index (χ0n) is 14.9. The van der Waals surface area contributed by atoms with Crippen molar-refractivity contribution in [3.63, 3.8) is 0 Å². The van der Waals surface area contributed by atoms with Gasteiger partial charge in [0.1, 0.15) is 12.6 Å². The van der Waals surface area contributed by atoms with Gasteiger partial charge in [-0.25, -0.2) is 9.78 Å². The highest BCUT2D eigenvalue weighted by molar-refractivity contribution is 5.96. The van der Waals surface area contributed by atoms with Gasteiger partial charge >= 0.3 is 6.03 Å². The molecule has 2 aliphatic heterocycles. The summed E-state index contributed by atoms with van der Waals surface area (Å²) in [7, 11) is 0. The fraction of sp³-hybridized carbons (Fsp3) is 0.368. The lowest BCUT2D eigenvalue weighted by Crippen LogP contribution is -2.42. The summed E-state index contributed by atoms with van der Waals surface area (Å²) in [6.07, 6.45) is 5.37. The fourth-order valence-electron chi connectivity index (χ4n) is 3.41. The van der Waals surface area contributed by atoms with Gasteiger partial charge in [0.25, 0.3) is 0 Å². The number of hydrogen-bond donors (Lipinski definition) is 0. The molecule has 2 saturated heterocycles. The summed E-state index contributed by atoms with van der Waals surface area (Å²) in [5.41, 5.74) is 0.857. The molecule has 0 unspecified atom stereocenters. The summed E-state index contributed by atoms with van der Waals surface area (Å²) in [5.74, 6) is 0.411. The van der Waals surface area contributed by atoms with Gasteiger partial charge in [-0.3, -0.25) is 14.7 Å². The maximum absolute atomic E-state index is 12.6. The first kappa shape index (κ1) is 17.3. The number of para-hydroxylation sites is 1. The van der Waals surface area contributed by atoms with Gasteiger partial charge in [-0.15, -0.1) is 0 Å². The third kappa shape index (κ3) is 3.84. The van der Waals surface area contributed by atoms with E-state index in [2.05, 4.69) is 9.97 Å². The van der Waals surface area contributed by atoms with E-state index in [4.69, 9.17) is 4.74 Å². The molecule has 3 amide bonds.